The van der Waals surface area contributed by atoms with Crippen LogP contribution in [0.1, 0.15) is 13.3 Å². The summed E-state index contributed by atoms with van der Waals surface area (Å²) in [6.45, 7) is 3.23. The summed E-state index contributed by atoms with van der Waals surface area (Å²) in [5, 5.41) is 0. The molecule has 0 fully saturated rings. The van der Waals surface area contributed by atoms with Crippen LogP contribution in [-0.2, 0) is 4.79 Å². The van der Waals surface area contributed by atoms with Gasteiger partial charge >= 0.3 is 0 Å². The van der Waals surface area contributed by atoms with Gasteiger partial charge in [0.05, 0.1) is 12.6 Å². The molecule has 0 unspecified atom stereocenters. The summed E-state index contributed by atoms with van der Waals surface area (Å²) in [5.74, 6) is 0.578. The Hall–Kier alpha value is -1.55. The topological polar surface area (TPSA) is 55.6 Å². The SMILES string of the molecule is C[C@@H](C(N)=O)N(C)CCCOc1ccccc1. The number of rotatable bonds is 7. The molecule has 0 bridgehead atoms. The number of benzene rings is 1. The molecule has 17 heavy (non-hydrogen) atoms. The molecule has 0 radical (unpaired) electrons. The van der Waals surface area contributed by atoms with Crippen LogP contribution in [0.3, 0.4) is 0 Å². The summed E-state index contributed by atoms with van der Waals surface area (Å²) in [6.07, 6.45) is 0.864. The van der Waals surface area contributed by atoms with E-state index >= 15 is 0 Å². The second-order valence-electron chi connectivity index (χ2n) is 4.07. The predicted octanol–water partition coefficient (Wildman–Crippen LogP) is 1.26. The normalized spacial score (nSPS) is 12.4. The molecule has 0 aromatic heterocycles. The summed E-state index contributed by atoms with van der Waals surface area (Å²) in [7, 11) is 1.89. The van der Waals surface area contributed by atoms with Gasteiger partial charge in [-0.3, -0.25) is 9.69 Å². The summed E-state index contributed by atoms with van der Waals surface area (Å²) in [4.78, 5) is 12.9. The first-order valence-corrected chi connectivity index (χ1v) is 5.78. The Morgan fingerprint density at radius 2 is 2.06 bits per heavy atom. The van der Waals surface area contributed by atoms with Crippen LogP contribution in [0.25, 0.3) is 0 Å². The number of hydrogen-bond acceptors (Lipinski definition) is 3. The summed E-state index contributed by atoms with van der Waals surface area (Å²) >= 11 is 0. The number of likely N-dealkylation sites (N-methyl/N-ethyl adjacent to an activating group) is 1. The van der Waals surface area contributed by atoms with E-state index in [4.69, 9.17) is 10.5 Å². The Bertz CT molecular complexity index is 341. The molecule has 1 atom stereocenters. The highest BCUT2D eigenvalue weighted by Gasteiger charge is 2.13. The van der Waals surface area contributed by atoms with E-state index in [0.717, 1.165) is 18.7 Å². The number of ether oxygens (including phenoxy) is 1. The molecule has 1 aromatic carbocycles. The summed E-state index contributed by atoms with van der Waals surface area (Å²) in [6, 6.07) is 9.46. The van der Waals surface area contributed by atoms with Gasteiger partial charge in [-0.05, 0) is 32.5 Å². The van der Waals surface area contributed by atoms with E-state index in [0.29, 0.717) is 6.61 Å². The maximum Gasteiger partial charge on any atom is 0.234 e. The molecule has 0 aliphatic carbocycles. The van der Waals surface area contributed by atoms with Crippen LogP contribution >= 0.6 is 0 Å². The molecule has 0 aliphatic rings. The van der Waals surface area contributed by atoms with Gasteiger partial charge < -0.3 is 10.5 Å². The van der Waals surface area contributed by atoms with E-state index in [1.807, 2.05) is 42.3 Å². The molecule has 4 nitrogen and oxygen atoms in total. The number of nitrogens with zero attached hydrogens (tertiary/aromatic N) is 1. The smallest absolute Gasteiger partial charge is 0.234 e. The highest BCUT2D eigenvalue weighted by Crippen LogP contribution is 2.08. The van der Waals surface area contributed by atoms with E-state index in [1.54, 1.807) is 6.92 Å². The molecule has 94 valence electrons. The summed E-state index contributed by atoms with van der Waals surface area (Å²) in [5.41, 5.74) is 5.22. The van der Waals surface area contributed by atoms with Crippen LogP contribution in [0, 0.1) is 0 Å². The van der Waals surface area contributed by atoms with Gasteiger partial charge in [0.2, 0.25) is 5.91 Å². The predicted molar refractivity (Wildman–Crippen MR) is 67.8 cm³/mol. The number of nitrogens with two attached hydrogens (primary N) is 1. The van der Waals surface area contributed by atoms with Crippen molar-refractivity contribution in [2.75, 3.05) is 20.2 Å². The zero-order chi connectivity index (χ0) is 12.7. The Labute approximate surface area is 102 Å². The highest BCUT2D eigenvalue weighted by molar-refractivity contribution is 5.79. The molecule has 0 heterocycles. The van der Waals surface area contributed by atoms with Crippen LogP contribution < -0.4 is 10.5 Å². The second-order valence-corrected chi connectivity index (χ2v) is 4.07. The maximum atomic E-state index is 10.9. The first-order valence-electron chi connectivity index (χ1n) is 5.78. The highest BCUT2D eigenvalue weighted by atomic mass is 16.5. The van der Waals surface area contributed by atoms with E-state index in [-0.39, 0.29) is 11.9 Å². The van der Waals surface area contributed by atoms with Crippen molar-refractivity contribution in [1.29, 1.82) is 0 Å². The zero-order valence-corrected chi connectivity index (χ0v) is 10.4. The summed E-state index contributed by atoms with van der Waals surface area (Å²) < 4.78 is 5.55. The quantitative estimate of drug-likeness (QED) is 0.725. The molecule has 1 aromatic rings. The number of carbonyl (C=O) groups is 1. The fraction of sp³-hybridized carbons (Fsp3) is 0.462. The van der Waals surface area contributed by atoms with Crippen molar-refractivity contribution >= 4 is 5.91 Å². The standard InChI is InChI=1S/C13H20N2O2/c1-11(13(14)16)15(2)9-6-10-17-12-7-4-3-5-8-12/h3-5,7-8,11H,6,9-10H2,1-2H3,(H2,14,16)/t11-/m0/s1. The van der Waals surface area contributed by atoms with Crippen molar-refractivity contribution in [2.45, 2.75) is 19.4 Å². The molecule has 0 saturated heterocycles. The lowest BCUT2D eigenvalue weighted by atomic mass is 10.2. The first kappa shape index (κ1) is 13.5. The Balaban J connectivity index is 2.18. The minimum absolute atomic E-state index is 0.230. The van der Waals surface area contributed by atoms with E-state index in [9.17, 15) is 4.79 Å². The third kappa shape index (κ3) is 4.87. The van der Waals surface area contributed by atoms with Gasteiger partial charge in [-0.25, -0.2) is 0 Å². The van der Waals surface area contributed by atoms with Crippen LogP contribution in [0.15, 0.2) is 30.3 Å². The fourth-order valence-corrected chi connectivity index (χ4v) is 1.43. The van der Waals surface area contributed by atoms with Gasteiger partial charge in [-0.2, -0.15) is 0 Å². The average Bonchev–Trinajstić information content (AvgIpc) is 2.34. The van der Waals surface area contributed by atoms with Crippen LogP contribution in [-0.4, -0.2) is 37.0 Å². The Kier molecular flexibility index (Phi) is 5.49. The van der Waals surface area contributed by atoms with Gasteiger partial charge in [-0.1, -0.05) is 18.2 Å². The molecule has 0 saturated carbocycles. The van der Waals surface area contributed by atoms with Crippen LogP contribution in [0.4, 0.5) is 0 Å². The van der Waals surface area contributed by atoms with E-state index in [2.05, 4.69) is 0 Å². The maximum absolute atomic E-state index is 10.9. The van der Waals surface area contributed by atoms with Crippen molar-refractivity contribution in [1.82, 2.24) is 4.90 Å². The van der Waals surface area contributed by atoms with Crippen molar-refractivity contribution in [3.8, 4) is 5.75 Å². The number of carbonyl (C=O) groups excluding carboxylic acids is 1. The molecule has 4 heteroatoms. The number of hydrogen-bond donors (Lipinski definition) is 1. The molecular formula is C13H20N2O2. The number of para-hydroxylation sites is 1. The fourth-order valence-electron chi connectivity index (χ4n) is 1.43. The third-order valence-corrected chi connectivity index (χ3v) is 2.74. The molecular weight excluding hydrogens is 216 g/mol. The van der Waals surface area contributed by atoms with E-state index < -0.39 is 0 Å². The van der Waals surface area contributed by atoms with Gasteiger partial charge in [0.15, 0.2) is 0 Å². The lowest BCUT2D eigenvalue weighted by Crippen LogP contribution is -2.40. The van der Waals surface area contributed by atoms with Gasteiger partial charge in [0.25, 0.3) is 0 Å². The molecule has 2 N–H and O–H groups in total. The van der Waals surface area contributed by atoms with Gasteiger partial charge in [-0.15, -0.1) is 0 Å². The van der Waals surface area contributed by atoms with Gasteiger partial charge in [0, 0.05) is 6.54 Å². The molecule has 0 aliphatic heterocycles. The van der Waals surface area contributed by atoms with Crippen molar-refractivity contribution < 1.29 is 9.53 Å². The number of amides is 1. The largest absolute Gasteiger partial charge is 0.494 e. The van der Waals surface area contributed by atoms with Crippen LogP contribution in [0.2, 0.25) is 0 Å². The molecule has 0 spiro atoms. The zero-order valence-electron chi connectivity index (χ0n) is 10.4. The van der Waals surface area contributed by atoms with Crippen molar-refractivity contribution in [2.24, 2.45) is 5.73 Å². The average molecular weight is 236 g/mol. The second kappa shape index (κ2) is 6.91. The lowest BCUT2D eigenvalue weighted by Gasteiger charge is -2.21. The first-order chi connectivity index (χ1) is 8.11. The lowest BCUT2D eigenvalue weighted by molar-refractivity contribution is -0.122. The minimum Gasteiger partial charge on any atom is -0.494 e. The Morgan fingerprint density at radius 3 is 2.65 bits per heavy atom. The van der Waals surface area contributed by atoms with E-state index in [1.165, 1.54) is 0 Å². The third-order valence-electron chi connectivity index (χ3n) is 2.74. The van der Waals surface area contributed by atoms with Crippen molar-refractivity contribution in [3.63, 3.8) is 0 Å². The minimum atomic E-state index is -0.295. The Morgan fingerprint density at radius 1 is 1.41 bits per heavy atom. The number of primary amides is 1. The molecule has 1 amide bonds. The van der Waals surface area contributed by atoms with Crippen LogP contribution in [0.5, 0.6) is 5.75 Å². The molecule has 1 rings (SSSR count). The van der Waals surface area contributed by atoms with Crippen molar-refractivity contribution in [3.05, 3.63) is 30.3 Å². The van der Waals surface area contributed by atoms with Gasteiger partial charge in [0.1, 0.15) is 5.75 Å². The monoisotopic (exact) mass is 236 g/mol.